The molecule has 2 amide bonds. The number of amides is 2. The predicted molar refractivity (Wildman–Crippen MR) is 109 cm³/mol. The lowest BCUT2D eigenvalue weighted by molar-refractivity contribution is -0.120. The fraction of sp³-hybridized carbons (Fsp3) is 0.333. The standard InChI is InChI=1S/C21H27N3O5/c1-24(2)12-15-7-5-14(6-8-15)11-23-21(26)16-9-17(27-3)20(18(10-16)28-4)29-13-19(22)25/h5-10H,11-13H2,1-4H3,(H2,22,25)(H,23,26). The Labute approximate surface area is 170 Å². The van der Waals surface area contributed by atoms with Gasteiger partial charge < -0.3 is 30.2 Å². The molecule has 0 aliphatic rings. The normalized spacial score (nSPS) is 10.5. The zero-order chi connectivity index (χ0) is 21.4. The van der Waals surface area contributed by atoms with E-state index in [1.165, 1.54) is 31.9 Å². The monoisotopic (exact) mass is 401 g/mol. The summed E-state index contributed by atoms with van der Waals surface area (Å²) in [6.07, 6.45) is 0. The second-order valence-corrected chi connectivity index (χ2v) is 6.70. The van der Waals surface area contributed by atoms with Gasteiger partial charge in [0.2, 0.25) is 5.75 Å². The molecule has 0 spiro atoms. The summed E-state index contributed by atoms with van der Waals surface area (Å²) < 4.78 is 15.9. The van der Waals surface area contributed by atoms with Crippen molar-refractivity contribution < 1.29 is 23.8 Å². The van der Waals surface area contributed by atoms with E-state index in [0.717, 1.165) is 12.1 Å². The Kier molecular flexibility index (Phi) is 7.85. The molecule has 0 unspecified atom stereocenters. The average molecular weight is 401 g/mol. The number of hydrogen-bond donors (Lipinski definition) is 2. The molecule has 0 fully saturated rings. The molecule has 156 valence electrons. The van der Waals surface area contributed by atoms with E-state index >= 15 is 0 Å². The Morgan fingerprint density at radius 1 is 1.00 bits per heavy atom. The summed E-state index contributed by atoms with van der Waals surface area (Å²) in [6, 6.07) is 11.1. The van der Waals surface area contributed by atoms with Crippen LogP contribution in [0, 0.1) is 0 Å². The van der Waals surface area contributed by atoms with Gasteiger partial charge in [-0.25, -0.2) is 0 Å². The molecule has 0 saturated heterocycles. The maximum absolute atomic E-state index is 12.6. The third-order valence-electron chi connectivity index (χ3n) is 4.06. The molecule has 8 nitrogen and oxygen atoms in total. The molecular weight excluding hydrogens is 374 g/mol. The van der Waals surface area contributed by atoms with Crippen LogP contribution in [0.2, 0.25) is 0 Å². The Balaban J connectivity index is 2.10. The smallest absolute Gasteiger partial charge is 0.255 e. The van der Waals surface area contributed by atoms with Gasteiger partial charge in [0.25, 0.3) is 11.8 Å². The highest BCUT2D eigenvalue weighted by Gasteiger charge is 2.18. The Morgan fingerprint density at radius 3 is 2.03 bits per heavy atom. The van der Waals surface area contributed by atoms with Crippen LogP contribution in [0.15, 0.2) is 36.4 Å². The maximum Gasteiger partial charge on any atom is 0.255 e. The topological polar surface area (TPSA) is 103 Å². The van der Waals surface area contributed by atoms with Crippen LogP contribution in [0.5, 0.6) is 17.2 Å². The lowest BCUT2D eigenvalue weighted by atomic mass is 10.1. The summed E-state index contributed by atoms with van der Waals surface area (Å²) >= 11 is 0. The van der Waals surface area contributed by atoms with Crippen LogP contribution in [-0.2, 0) is 17.9 Å². The van der Waals surface area contributed by atoms with Gasteiger partial charge in [-0.15, -0.1) is 0 Å². The zero-order valence-electron chi connectivity index (χ0n) is 17.2. The van der Waals surface area contributed by atoms with Gasteiger partial charge >= 0.3 is 0 Å². The number of carbonyl (C=O) groups excluding carboxylic acids is 2. The van der Waals surface area contributed by atoms with Crippen molar-refractivity contribution in [2.24, 2.45) is 5.73 Å². The molecule has 8 heteroatoms. The molecular formula is C21H27N3O5. The lowest BCUT2D eigenvalue weighted by Crippen LogP contribution is -2.23. The van der Waals surface area contributed by atoms with Gasteiger partial charge in [-0.3, -0.25) is 9.59 Å². The number of methoxy groups -OCH3 is 2. The number of nitrogens with two attached hydrogens (primary N) is 1. The van der Waals surface area contributed by atoms with E-state index in [2.05, 4.69) is 10.2 Å². The molecule has 0 heterocycles. The largest absolute Gasteiger partial charge is 0.493 e. The van der Waals surface area contributed by atoms with Crippen molar-refractivity contribution in [1.29, 1.82) is 0 Å². The first kappa shape index (κ1) is 22.0. The van der Waals surface area contributed by atoms with Crippen LogP contribution in [-0.4, -0.2) is 51.6 Å². The fourth-order valence-corrected chi connectivity index (χ4v) is 2.71. The molecule has 0 aliphatic carbocycles. The summed E-state index contributed by atoms with van der Waals surface area (Å²) in [7, 11) is 6.90. The van der Waals surface area contributed by atoms with Gasteiger partial charge in [0.1, 0.15) is 0 Å². The third kappa shape index (κ3) is 6.39. The molecule has 2 aromatic rings. The van der Waals surface area contributed by atoms with Crippen LogP contribution in [0.25, 0.3) is 0 Å². The van der Waals surface area contributed by atoms with Crippen molar-refractivity contribution in [1.82, 2.24) is 10.2 Å². The SMILES string of the molecule is COc1cc(C(=O)NCc2ccc(CN(C)C)cc2)cc(OC)c1OCC(N)=O. The van der Waals surface area contributed by atoms with Crippen molar-refractivity contribution in [2.75, 3.05) is 34.9 Å². The molecule has 2 aromatic carbocycles. The first-order valence-corrected chi connectivity index (χ1v) is 9.02. The first-order chi connectivity index (χ1) is 13.8. The van der Waals surface area contributed by atoms with Crippen molar-refractivity contribution in [3.63, 3.8) is 0 Å². The predicted octanol–water partition coefficient (Wildman–Crippen LogP) is 1.56. The van der Waals surface area contributed by atoms with Crippen LogP contribution < -0.4 is 25.3 Å². The number of nitrogens with one attached hydrogen (secondary N) is 1. The number of rotatable bonds is 10. The summed E-state index contributed by atoms with van der Waals surface area (Å²) in [5, 5.41) is 2.87. The van der Waals surface area contributed by atoms with Gasteiger partial charge in [-0.1, -0.05) is 24.3 Å². The number of hydrogen-bond acceptors (Lipinski definition) is 6. The Morgan fingerprint density at radius 2 is 1.55 bits per heavy atom. The van der Waals surface area contributed by atoms with Crippen molar-refractivity contribution in [3.05, 3.63) is 53.1 Å². The van der Waals surface area contributed by atoms with Gasteiger partial charge in [0.15, 0.2) is 18.1 Å². The van der Waals surface area contributed by atoms with Gasteiger partial charge in [-0.05, 0) is 37.4 Å². The lowest BCUT2D eigenvalue weighted by Gasteiger charge is -2.15. The minimum Gasteiger partial charge on any atom is -0.493 e. The fourth-order valence-electron chi connectivity index (χ4n) is 2.71. The van der Waals surface area contributed by atoms with Crippen molar-refractivity contribution >= 4 is 11.8 Å². The van der Waals surface area contributed by atoms with Crippen LogP contribution >= 0.6 is 0 Å². The van der Waals surface area contributed by atoms with Crippen LogP contribution in [0.1, 0.15) is 21.5 Å². The molecule has 0 aliphatic heterocycles. The van der Waals surface area contributed by atoms with Gasteiger partial charge in [0, 0.05) is 18.7 Å². The maximum atomic E-state index is 12.6. The number of nitrogens with zero attached hydrogens (tertiary/aromatic N) is 1. The van der Waals surface area contributed by atoms with Crippen molar-refractivity contribution in [2.45, 2.75) is 13.1 Å². The van der Waals surface area contributed by atoms with E-state index in [9.17, 15) is 9.59 Å². The Bertz CT molecular complexity index is 825. The number of carbonyl (C=O) groups is 2. The minimum atomic E-state index is -0.632. The van der Waals surface area contributed by atoms with E-state index in [0.29, 0.717) is 12.1 Å². The highest BCUT2D eigenvalue weighted by atomic mass is 16.5. The van der Waals surface area contributed by atoms with Crippen molar-refractivity contribution in [3.8, 4) is 17.2 Å². The van der Waals surface area contributed by atoms with Gasteiger partial charge in [-0.2, -0.15) is 0 Å². The zero-order valence-corrected chi connectivity index (χ0v) is 17.2. The second-order valence-electron chi connectivity index (χ2n) is 6.70. The Hall–Kier alpha value is -3.26. The number of ether oxygens (including phenoxy) is 3. The summed E-state index contributed by atoms with van der Waals surface area (Å²) in [6.45, 7) is 0.907. The molecule has 0 bridgehead atoms. The molecule has 0 aromatic heterocycles. The third-order valence-corrected chi connectivity index (χ3v) is 4.06. The highest BCUT2D eigenvalue weighted by molar-refractivity contribution is 5.95. The molecule has 0 saturated carbocycles. The van der Waals surface area contributed by atoms with E-state index < -0.39 is 5.91 Å². The first-order valence-electron chi connectivity index (χ1n) is 9.02. The molecule has 29 heavy (non-hydrogen) atoms. The van der Waals surface area contributed by atoms with E-state index in [1.54, 1.807) is 0 Å². The van der Waals surface area contributed by atoms with E-state index in [4.69, 9.17) is 19.9 Å². The van der Waals surface area contributed by atoms with Crippen LogP contribution in [0.4, 0.5) is 0 Å². The molecule has 0 radical (unpaired) electrons. The summed E-state index contributed by atoms with van der Waals surface area (Å²) in [5.41, 5.74) is 7.65. The quantitative estimate of drug-likeness (QED) is 0.626. The summed E-state index contributed by atoms with van der Waals surface area (Å²) in [4.78, 5) is 25.7. The second kappa shape index (κ2) is 10.3. The van der Waals surface area contributed by atoms with Gasteiger partial charge in [0.05, 0.1) is 14.2 Å². The average Bonchev–Trinajstić information content (AvgIpc) is 2.70. The number of benzene rings is 2. The summed E-state index contributed by atoms with van der Waals surface area (Å²) in [5.74, 6) is -0.178. The molecule has 3 N–H and O–H groups in total. The van der Waals surface area contributed by atoms with E-state index in [1.807, 2.05) is 38.4 Å². The number of primary amides is 1. The van der Waals surface area contributed by atoms with E-state index in [-0.39, 0.29) is 29.8 Å². The highest BCUT2D eigenvalue weighted by Crippen LogP contribution is 2.38. The van der Waals surface area contributed by atoms with Crippen LogP contribution in [0.3, 0.4) is 0 Å². The minimum absolute atomic E-state index is 0.210. The molecule has 2 rings (SSSR count). The molecule has 0 atom stereocenters.